The SMILES string of the molecule is COc1ccc(-c2cc(C)[nH]n2)c(Cl)c1Cl. The summed E-state index contributed by atoms with van der Waals surface area (Å²) in [6.07, 6.45) is 0. The molecule has 84 valence electrons. The van der Waals surface area contributed by atoms with Gasteiger partial charge in [0.15, 0.2) is 0 Å². The van der Waals surface area contributed by atoms with Crippen molar-refractivity contribution in [2.75, 3.05) is 7.11 Å². The van der Waals surface area contributed by atoms with Gasteiger partial charge in [-0.2, -0.15) is 5.10 Å². The zero-order valence-corrected chi connectivity index (χ0v) is 10.4. The number of aryl methyl sites for hydroxylation is 1. The molecule has 0 radical (unpaired) electrons. The summed E-state index contributed by atoms with van der Waals surface area (Å²) in [7, 11) is 1.55. The van der Waals surface area contributed by atoms with E-state index in [4.69, 9.17) is 27.9 Å². The second kappa shape index (κ2) is 4.36. The van der Waals surface area contributed by atoms with E-state index in [1.54, 1.807) is 13.2 Å². The highest BCUT2D eigenvalue weighted by molar-refractivity contribution is 6.44. The third-order valence-electron chi connectivity index (χ3n) is 2.25. The number of rotatable bonds is 2. The number of H-pyrrole nitrogens is 1. The lowest BCUT2D eigenvalue weighted by atomic mass is 10.1. The number of aromatic amines is 1. The molecule has 5 heteroatoms. The van der Waals surface area contributed by atoms with Crippen LogP contribution in [0.1, 0.15) is 5.69 Å². The molecule has 1 N–H and O–H groups in total. The predicted octanol–water partition coefficient (Wildman–Crippen LogP) is 3.70. The van der Waals surface area contributed by atoms with Crippen molar-refractivity contribution in [2.45, 2.75) is 6.92 Å². The van der Waals surface area contributed by atoms with Crippen LogP contribution in [0, 0.1) is 6.92 Å². The van der Waals surface area contributed by atoms with E-state index in [1.807, 2.05) is 19.1 Å². The predicted molar refractivity (Wildman–Crippen MR) is 65.3 cm³/mol. The van der Waals surface area contributed by atoms with E-state index in [1.165, 1.54) is 0 Å². The Hall–Kier alpha value is -1.19. The van der Waals surface area contributed by atoms with Gasteiger partial charge in [-0.25, -0.2) is 0 Å². The average molecular weight is 257 g/mol. The molecule has 0 aliphatic heterocycles. The minimum Gasteiger partial charge on any atom is -0.495 e. The van der Waals surface area contributed by atoms with E-state index in [2.05, 4.69) is 10.2 Å². The Balaban J connectivity index is 2.55. The molecule has 2 rings (SSSR count). The Morgan fingerprint density at radius 2 is 2.00 bits per heavy atom. The molecule has 0 bridgehead atoms. The first-order valence-electron chi connectivity index (χ1n) is 4.68. The summed E-state index contributed by atoms with van der Waals surface area (Å²) in [4.78, 5) is 0. The first kappa shape index (κ1) is 11.3. The number of hydrogen-bond acceptors (Lipinski definition) is 2. The fourth-order valence-electron chi connectivity index (χ4n) is 1.44. The molecule has 0 atom stereocenters. The van der Waals surface area contributed by atoms with Gasteiger partial charge in [-0.05, 0) is 25.1 Å². The van der Waals surface area contributed by atoms with Gasteiger partial charge in [-0.3, -0.25) is 5.10 Å². The fraction of sp³-hybridized carbons (Fsp3) is 0.182. The third-order valence-corrected chi connectivity index (χ3v) is 3.11. The smallest absolute Gasteiger partial charge is 0.139 e. The quantitative estimate of drug-likeness (QED) is 0.890. The van der Waals surface area contributed by atoms with Gasteiger partial charge in [0.05, 0.1) is 17.8 Å². The lowest BCUT2D eigenvalue weighted by molar-refractivity contribution is 0.415. The minimum atomic E-state index is 0.405. The van der Waals surface area contributed by atoms with Crippen LogP contribution in [0.3, 0.4) is 0 Å². The van der Waals surface area contributed by atoms with Crippen molar-refractivity contribution in [1.29, 1.82) is 0 Å². The lowest BCUT2D eigenvalue weighted by Gasteiger charge is -2.07. The van der Waals surface area contributed by atoms with Crippen LogP contribution in [0.4, 0.5) is 0 Å². The highest BCUT2D eigenvalue weighted by Gasteiger charge is 2.13. The number of nitrogens with zero attached hydrogens (tertiary/aromatic N) is 1. The fourth-order valence-corrected chi connectivity index (χ4v) is 1.94. The van der Waals surface area contributed by atoms with Gasteiger partial charge in [-0.15, -0.1) is 0 Å². The van der Waals surface area contributed by atoms with E-state index in [9.17, 15) is 0 Å². The molecule has 0 saturated carbocycles. The molecule has 16 heavy (non-hydrogen) atoms. The van der Waals surface area contributed by atoms with Crippen LogP contribution in [0.15, 0.2) is 18.2 Å². The van der Waals surface area contributed by atoms with Crippen LogP contribution >= 0.6 is 23.2 Å². The van der Waals surface area contributed by atoms with Crippen LogP contribution in [-0.4, -0.2) is 17.3 Å². The molecule has 3 nitrogen and oxygen atoms in total. The maximum atomic E-state index is 6.16. The van der Waals surface area contributed by atoms with E-state index in [0.29, 0.717) is 15.8 Å². The molecule has 2 aromatic rings. The van der Waals surface area contributed by atoms with Crippen molar-refractivity contribution < 1.29 is 4.74 Å². The molecule has 0 aliphatic rings. The highest BCUT2D eigenvalue weighted by Crippen LogP contribution is 2.38. The summed E-state index contributed by atoms with van der Waals surface area (Å²) in [5, 5.41) is 7.85. The third kappa shape index (κ3) is 1.88. The molecule has 0 unspecified atom stereocenters. The normalized spacial score (nSPS) is 10.5. The van der Waals surface area contributed by atoms with Gasteiger partial charge < -0.3 is 4.74 Å². The first-order chi connectivity index (χ1) is 7.63. The van der Waals surface area contributed by atoms with Gasteiger partial charge in [0.1, 0.15) is 10.8 Å². The Kier molecular flexibility index (Phi) is 3.08. The molecular formula is C11H10Cl2N2O. The molecule has 0 amide bonds. The molecule has 1 aromatic heterocycles. The Labute approximate surface area is 103 Å². The zero-order chi connectivity index (χ0) is 11.7. The molecule has 0 spiro atoms. The Bertz CT molecular complexity index is 523. The number of benzene rings is 1. The summed E-state index contributed by atoms with van der Waals surface area (Å²) in [5.74, 6) is 0.558. The number of halogens is 2. The molecule has 1 heterocycles. The van der Waals surface area contributed by atoms with E-state index in [-0.39, 0.29) is 0 Å². The number of aromatic nitrogens is 2. The number of methoxy groups -OCH3 is 1. The van der Waals surface area contributed by atoms with Gasteiger partial charge in [0, 0.05) is 11.3 Å². The summed E-state index contributed by atoms with van der Waals surface area (Å²) in [6.45, 7) is 1.93. The van der Waals surface area contributed by atoms with Crippen molar-refractivity contribution in [3.8, 4) is 17.0 Å². The minimum absolute atomic E-state index is 0.405. The maximum absolute atomic E-state index is 6.16. The molecule has 0 aliphatic carbocycles. The summed E-state index contributed by atoms with van der Waals surface area (Å²) in [6, 6.07) is 5.51. The second-order valence-corrected chi connectivity index (χ2v) is 4.14. The number of ether oxygens (including phenoxy) is 1. The van der Waals surface area contributed by atoms with Gasteiger partial charge >= 0.3 is 0 Å². The average Bonchev–Trinajstić information content (AvgIpc) is 2.69. The van der Waals surface area contributed by atoms with Crippen LogP contribution in [-0.2, 0) is 0 Å². The highest BCUT2D eigenvalue weighted by atomic mass is 35.5. The summed E-state index contributed by atoms with van der Waals surface area (Å²) < 4.78 is 5.08. The van der Waals surface area contributed by atoms with Crippen LogP contribution in [0.5, 0.6) is 5.75 Å². The Morgan fingerprint density at radius 3 is 2.56 bits per heavy atom. The largest absolute Gasteiger partial charge is 0.495 e. The lowest BCUT2D eigenvalue weighted by Crippen LogP contribution is -1.87. The molecule has 1 aromatic carbocycles. The monoisotopic (exact) mass is 256 g/mol. The van der Waals surface area contributed by atoms with Gasteiger partial charge in [-0.1, -0.05) is 23.2 Å². The summed E-state index contributed by atoms with van der Waals surface area (Å²) >= 11 is 12.2. The molecule has 0 fully saturated rings. The number of hydrogen-bond donors (Lipinski definition) is 1. The number of nitrogens with one attached hydrogen (secondary N) is 1. The van der Waals surface area contributed by atoms with Gasteiger partial charge in [0.2, 0.25) is 0 Å². The zero-order valence-electron chi connectivity index (χ0n) is 8.84. The van der Waals surface area contributed by atoms with Crippen molar-refractivity contribution in [3.63, 3.8) is 0 Å². The van der Waals surface area contributed by atoms with Crippen LogP contribution in [0.25, 0.3) is 11.3 Å². The van der Waals surface area contributed by atoms with E-state index in [0.717, 1.165) is 17.0 Å². The van der Waals surface area contributed by atoms with Crippen molar-refractivity contribution in [1.82, 2.24) is 10.2 Å². The molecule has 0 saturated heterocycles. The standard InChI is InChI=1S/C11H10Cl2N2O/c1-6-5-8(15-14-6)7-3-4-9(16-2)11(13)10(7)12/h3-5H,1-2H3,(H,14,15). The van der Waals surface area contributed by atoms with Crippen molar-refractivity contribution >= 4 is 23.2 Å². The van der Waals surface area contributed by atoms with E-state index >= 15 is 0 Å². The second-order valence-electron chi connectivity index (χ2n) is 3.38. The molecular weight excluding hydrogens is 247 g/mol. The maximum Gasteiger partial charge on any atom is 0.139 e. The van der Waals surface area contributed by atoms with Gasteiger partial charge in [0.25, 0.3) is 0 Å². The first-order valence-corrected chi connectivity index (χ1v) is 5.43. The summed E-state index contributed by atoms with van der Waals surface area (Å²) in [5.41, 5.74) is 2.53. The van der Waals surface area contributed by atoms with Crippen LogP contribution < -0.4 is 4.74 Å². The van der Waals surface area contributed by atoms with E-state index < -0.39 is 0 Å². The van der Waals surface area contributed by atoms with Crippen molar-refractivity contribution in [3.05, 3.63) is 33.9 Å². The van der Waals surface area contributed by atoms with Crippen LogP contribution in [0.2, 0.25) is 10.0 Å². The van der Waals surface area contributed by atoms with Crippen molar-refractivity contribution in [2.24, 2.45) is 0 Å². The topological polar surface area (TPSA) is 37.9 Å². The Morgan fingerprint density at radius 1 is 1.25 bits per heavy atom.